The van der Waals surface area contributed by atoms with Crippen LogP contribution in [0.2, 0.25) is 0 Å². The maximum Gasteiger partial charge on any atom is 0.101 e. The smallest absolute Gasteiger partial charge is 0.101 e. The van der Waals surface area contributed by atoms with Gasteiger partial charge >= 0.3 is 0 Å². The van der Waals surface area contributed by atoms with Crippen LogP contribution in [0.3, 0.4) is 0 Å². The lowest BCUT2D eigenvalue weighted by Gasteiger charge is -2.14. The van der Waals surface area contributed by atoms with Crippen molar-refractivity contribution in [3.63, 3.8) is 0 Å². The average Bonchev–Trinajstić information content (AvgIpc) is 2.50. The predicted octanol–water partition coefficient (Wildman–Crippen LogP) is -0.0827. The highest BCUT2D eigenvalue weighted by atomic mass is 16.5. The quantitative estimate of drug-likeness (QED) is 0.363. The summed E-state index contributed by atoms with van der Waals surface area (Å²) < 4.78 is 15.4. The molecular weight excluding hydrogens is 288 g/mol. The lowest BCUT2D eigenvalue weighted by Crippen LogP contribution is -2.24. The molecule has 0 aromatic carbocycles. The minimum absolute atomic E-state index is 0.000356. The Morgan fingerprint density at radius 2 is 1.73 bits per heavy atom. The highest BCUT2D eigenvalue weighted by Crippen LogP contribution is 2.04. The van der Waals surface area contributed by atoms with E-state index in [1.54, 1.807) is 0 Å². The molecule has 0 aliphatic carbocycles. The van der Waals surface area contributed by atoms with Crippen LogP contribution in [0.5, 0.6) is 0 Å². The molecule has 0 aromatic rings. The normalized spacial score (nSPS) is 15.2. The van der Waals surface area contributed by atoms with E-state index in [9.17, 15) is 10.2 Å². The first kappa shape index (κ1) is 21.2. The largest absolute Gasteiger partial charge is 0.391 e. The summed E-state index contributed by atoms with van der Waals surface area (Å²) in [6.07, 6.45) is 0.827. The molecule has 0 rings (SSSR count). The van der Waals surface area contributed by atoms with E-state index in [1.165, 1.54) is 7.11 Å². The van der Waals surface area contributed by atoms with E-state index in [0.717, 1.165) is 12.8 Å². The Bertz CT molecular complexity index is 286. The second-order valence-corrected chi connectivity index (χ2v) is 5.23. The molecule has 0 fully saturated rings. The van der Waals surface area contributed by atoms with E-state index in [1.807, 2.05) is 7.05 Å². The first-order chi connectivity index (χ1) is 10.6. The Hall–Kier alpha value is -0.750. The molecule has 0 spiro atoms. The van der Waals surface area contributed by atoms with Crippen molar-refractivity contribution in [3.8, 4) is 6.07 Å². The molecule has 0 aromatic heterocycles. The first-order valence-corrected chi connectivity index (χ1v) is 7.68. The Morgan fingerprint density at radius 3 is 2.32 bits per heavy atom. The van der Waals surface area contributed by atoms with Gasteiger partial charge in [0, 0.05) is 26.9 Å². The van der Waals surface area contributed by atoms with Gasteiger partial charge in [0.2, 0.25) is 0 Å². The van der Waals surface area contributed by atoms with Crippen LogP contribution in [0, 0.1) is 17.2 Å². The third-order valence-electron chi connectivity index (χ3n) is 3.05. The topological polar surface area (TPSA) is 104 Å². The maximum absolute atomic E-state index is 9.66. The van der Waals surface area contributed by atoms with Gasteiger partial charge < -0.3 is 29.7 Å². The number of nitrogens with zero attached hydrogens (tertiary/aromatic N) is 1. The van der Waals surface area contributed by atoms with E-state index in [-0.39, 0.29) is 25.7 Å². The summed E-state index contributed by atoms with van der Waals surface area (Å²) in [7, 11) is 3.36. The van der Waals surface area contributed by atoms with Gasteiger partial charge in [-0.05, 0) is 26.3 Å². The summed E-state index contributed by atoms with van der Waals surface area (Å²) in [6.45, 7) is 2.25. The van der Waals surface area contributed by atoms with Crippen molar-refractivity contribution >= 4 is 0 Å². The molecule has 0 saturated heterocycles. The fourth-order valence-corrected chi connectivity index (χ4v) is 1.87. The minimum Gasteiger partial charge on any atom is -0.391 e. The number of aliphatic hydroxyl groups is 2. The second-order valence-electron chi connectivity index (χ2n) is 5.23. The molecule has 0 amide bonds. The van der Waals surface area contributed by atoms with Crippen LogP contribution in [0.4, 0.5) is 0 Å². The monoisotopic (exact) mass is 318 g/mol. The summed E-state index contributed by atoms with van der Waals surface area (Å²) in [5.74, 6) is 0.000356. The number of hydrogen-bond acceptors (Lipinski definition) is 7. The summed E-state index contributed by atoms with van der Waals surface area (Å²) >= 11 is 0. The van der Waals surface area contributed by atoms with Crippen LogP contribution < -0.4 is 5.32 Å². The molecule has 130 valence electrons. The molecule has 0 aliphatic heterocycles. The highest BCUT2D eigenvalue weighted by molar-refractivity contribution is 4.83. The molecule has 0 aliphatic rings. The Balaban J connectivity index is 3.43. The molecule has 7 heteroatoms. The highest BCUT2D eigenvalue weighted by Gasteiger charge is 2.08. The summed E-state index contributed by atoms with van der Waals surface area (Å²) in [5.41, 5.74) is 0. The standard InChI is InChI=1S/C15H30N2O5/c1-17-9-13(8-16)4-3-6-21-11-15(19)12-22-7-5-14(18)10-20-2/h13-15,17-19H,3-7,9-12H2,1-2H3. The zero-order chi connectivity index (χ0) is 16.6. The fourth-order valence-electron chi connectivity index (χ4n) is 1.87. The number of ether oxygens (including phenoxy) is 3. The van der Waals surface area contributed by atoms with Crippen molar-refractivity contribution < 1.29 is 24.4 Å². The van der Waals surface area contributed by atoms with E-state index >= 15 is 0 Å². The lowest BCUT2D eigenvalue weighted by molar-refractivity contribution is -0.0295. The fraction of sp³-hybridized carbons (Fsp3) is 0.933. The third-order valence-corrected chi connectivity index (χ3v) is 3.05. The van der Waals surface area contributed by atoms with E-state index in [0.29, 0.717) is 26.2 Å². The lowest BCUT2D eigenvalue weighted by atomic mass is 10.1. The van der Waals surface area contributed by atoms with Gasteiger partial charge in [-0.15, -0.1) is 0 Å². The van der Waals surface area contributed by atoms with Crippen molar-refractivity contribution in [1.29, 1.82) is 5.26 Å². The number of nitrogens with one attached hydrogen (secondary N) is 1. The molecule has 0 radical (unpaired) electrons. The molecule has 7 nitrogen and oxygen atoms in total. The zero-order valence-corrected chi connectivity index (χ0v) is 13.7. The summed E-state index contributed by atoms with van der Waals surface area (Å²) in [4.78, 5) is 0. The van der Waals surface area contributed by atoms with Crippen molar-refractivity contribution in [2.24, 2.45) is 5.92 Å². The van der Waals surface area contributed by atoms with Crippen LogP contribution >= 0.6 is 0 Å². The van der Waals surface area contributed by atoms with Gasteiger partial charge in [-0.3, -0.25) is 0 Å². The van der Waals surface area contributed by atoms with Crippen LogP contribution in [-0.4, -0.2) is 76.2 Å². The molecule has 22 heavy (non-hydrogen) atoms. The van der Waals surface area contributed by atoms with E-state index in [2.05, 4.69) is 11.4 Å². The van der Waals surface area contributed by atoms with Crippen LogP contribution in [-0.2, 0) is 14.2 Å². The van der Waals surface area contributed by atoms with E-state index < -0.39 is 12.2 Å². The average molecular weight is 318 g/mol. The van der Waals surface area contributed by atoms with E-state index in [4.69, 9.17) is 19.5 Å². The molecule has 0 heterocycles. The van der Waals surface area contributed by atoms with Crippen LogP contribution in [0.1, 0.15) is 19.3 Å². The molecule has 0 bridgehead atoms. The first-order valence-electron chi connectivity index (χ1n) is 7.68. The third kappa shape index (κ3) is 13.0. The predicted molar refractivity (Wildman–Crippen MR) is 82.4 cm³/mol. The molecule has 3 atom stereocenters. The number of hydrogen-bond donors (Lipinski definition) is 3. The molecule has 3 unspecified atom stereocenters. The Kier molecular flexibility index (Phi) is 14.6. The van der Waals surface area contributed by atoms with Gasteiger partial charge in [0.25, 0.3) is 0 Å². The zero-order valence-electron chi connectivity index (χ0n) is 13.7. The molecule has 3 N–H and O–H groups in total. The van der Waals surface area contributed by atoms with Crippen molar-refractivity contribution in [2.45, 2.75) is 31.5 Å². The number of aliphatic hydroxyl groups excluding tert-OH is 2. The Labute approximate surface area is 133 Å². The van der Waals surface area contributed by atoms with Crippen molar-refractivity contribution in [3.05, 3.63) is 0 Å². The summed E-state index contributed by atoms with van der Waals surface area (Å²) in [6, 6.07) is 2.24. The van der Waals surface area contributed by atoms with Crippen LogP contribution in [0.15, 0.2) is 0 Å². The van der Waals surface area contributed by atoms with Gasteiger partial charge in [-0.25, -0.2) is 0 Å². The van der Waals surface area contributed by atoms with Crippen molar-refractivity contribution in [2.75, 3.05) is 53.7 Å². The van der Waals surface area contributed by atoms with Crippen LogP contribution in [0.25, 0.3) is 0 Å². The SMILES string of the molecule is CNCC(C#N)CCCOCC(O)COCCC(O)COC. The number of methoxy groups -OCH3 is 1. The van der Waals surface area contributed by atoms with Gasteiger partial charge in [-0.2, -0.15) is 5.26 Å². The van der Waals surface area contributed by atoms with Gasteiger partial charge in [-0.1, -0.05) is 0 Å². The maximum atomic E-state index is 9.66. The Morgan fingerprint density at radius 1 is 1.05 bits per heavy atom. The van der Waals surface area contributed by atoms with Crippen molar-refractivity contribution in [1.82, 2.24) is 5.32 Å². The molecular formula is C15H30N2O5. The number of rotatable bonds is 15. The molecule has 0 saturated carbocycles. The number of nitriles is 1. The second kappa shape index (κ2) is 15.2. The summed E-state index contributed by atoms with van der Waals surface area (Å²) in [5, 5.41) is 30.9. The minimum atomic E-state index is -0.677. The van der Waals surface area contributed by atoms with Gasteiger partial charge in [0.15, 0.2) is 0 Å². The van der Waals surface area contributed by atoms with Gasteiger partial charge in [0.05, 0.1) is 37.9 Å². The van der Waals surface area contributed by atoms with Gasteiger partial charge in [0.1, 0.15) is 6.10 Å².